The van der Waals surface area contributed by atoms with E-state index in [9.17, 15) is 14.4 Å². The van der Waals surface area contributed by atoms with Gasteiger partial charge in [-0.2, -0.15) is 0 Å². The van der Waals surface area contributed by atoms with Crippen molar-refractivity contribution < 1.29 is 28.6 Å². The Labute approximate surface area is 223 Å². The van der Waals surface area contributed by atoms with Gasteiger partial charge in [-0.15, -0.1) is 0 Å². The Morgan fingerprint density at radius 1 is 0.868 bits per heavy atom. The van der Waals surface area contributed by atoms with E-state index in [-0.39, 0.29) is 29.0 Å². The number of ether oxygens (including phenoxy) is 3. The standard InChI is InChI=1S/C30H23NO6S/c1-35-25-15-14-20(18-26(25)37-29(33)22-9-3-2-4-10-22)19-27-28(32)31(30(34)38-27)16-17-36-24-13-7-11-21-8-5-6-12-23(21)24/h2-15,18-19H,16-17H2,1H3/b27-19-. The van der Waals surface area contributed by atoms with Crippen LogP contribution in [0.3, 0.4) is 0 Å². The molecular formula is C30H23NO6S. The Kier molecular flexibility index (Phi) is 7.42. The van der Waals surface area contributed by atoms with Crippen LogP contribution in [0.25, 0.3) is 16.8 Å². The topological polar surface area (TPSA) is 82.1 Å². The maximum atomic E-state index is 13.0. The van der Waals surface area contributed by atoms with E-state index < -0.39 is 11.9 Å². The molecule has 0 radical (unpaired) electrons. The monoisotopic (exact) mass is 525 g/mol. The number of carbonyl (C=O) groups excluding carboxylic acids is 3. The first-order valence-electron chi connectivity index (χ1n) is 11.8. The number of imide groups is 1. The zero-order chi connectivity index (χ0) is 26.5. The predicted molar refractivity (Wildman–Crippen MR) is 147 cm³/mol. The van der Waals surface area contributed by atoms with Gasteiger partial charge in [0.1, 0.15) is 12.4 Å². The Bertz CT molecular complexity index is 1540. The summed E-state index contributed by atoms with van der Waals surface area (Å²) in [6, 6.07) is 27.2. The van der Waals surface area contributed by atoms with Gasteiger partial charge >= 0.3 is 5.97 Å². The second-order valence-corrected chi connectivity index (χ2v) is 9.32. The summed E-state index contributed by atoms with van der Waals surface area (Å²) in [6.45, 7) is 0.287. The molecule has 0 spiro atoms. The quantitative estimate of drug-likeness (QED) is 0.154. The number of hydrogen-bond acceptors (Lipinski definition) is 7. The summed E-state index contributed by atoms with van der Waals surface area (Å²) in [5, 5.41) is 1.65. The second kappa shape index (κ2) is 11.2. The van der Waals surface area contributed by atoms with Gasteiger partial charge in [-0.1, -0.05) is 60.7 Å². The van der Waals surface area contributed by atoms with E-state index in [1.165, 1.54) is 12.0 Å². The number of hydrogen-bond donors (Lipinski definition) is 0. The fourth-order valence-corrected chi connectivity index (χ4v) is 4.87. The predicted octanol–water partition coefficient (Wildman–Crippen LogP) is 6.18. The molecule has 0 aromatic heterocycles. The molecule has 0 unspecified atom stereocenters. The average molecular weight is 526 g/mol. The summed E-state index contributed by atoms with van der Waals surface area (Å²) in [5.74, 6) is 0.331. The van der Waals surface area contributed by atoms with E-state index in [1.54, 1.807) is 54.6 Å². The highest BCUT2D eigenvalue weighted by atomic mass is 32.2. The maximum Gasteiger partial charge on any atom is 0.343 e. The van der Waals surface area contributed by atoms with E-state index in [0.29, 0.717) is 22.6 Å². The fourth-order valence-electron chi connectivity index (χ4n) is 4.01. The van der Waals surface area contributed by atoms with Gasteiger partial charge in [0.15, 0.2) is 11.5 Å². The van der Waals surface area contributed by atoms with Crippen LogP contribution in [0, 0.1) is 0 Å². The molecule has 1 aliphatic rings. The number of esters is 1. The van der Waals surface area contributed by atoms with Gasteiger partial charge in [-0.25, -0.2) is 4.79 Å². The maximum absolute atomic E-state index is 13.0. The molecule has 8 heteroatoms. The number of methoxy groups -OCH3 is 1. The highest BCUT2D eigenvalue weighted by Crippen LogP contribution is 2.35. The third-order valence-corrected chi connectivity index (χ3v) is 6.80. The lowest BCUT2D eigenvalue weighted by Crippen LogP contribution is -2.32. The molecule has 7 nitrogen and oxygen atoms in total. The number of carbonyl (C=O) groups is 3. The molecule has 5 rings (SSSR count). The molecule has 0 aliphatic carbocycles. The molecular weight excluding hydrogens is 502 g/mol. The van der Waals surface area contributed by atoms with Crippen LogP contribution >= 0.6 is 11.8 Å². The van der Waals surface area contributed by atoms with Gasteiger partial charge in [0.05, 0.1) is 24.1 Å². The first kappa shape index (κ1) is 25.1. The lowest BCUT2D eigenvalue weighted by molar-refractivity contribution is -0.123. The molecule has 1 fully saturated rings. The van der Waals surface area contributed by atoms with E-state index in [1.807, 2.05) is 42.5 Å². The molecule has 190 valence electrons. The van der Waals surface area contributed by atoms with E-state index in [0.717, 1.165) is 22.5 Å². The van der Waals surface area contributed by atoms with Crippen LogP contribution in [0.1, 0.15) is 15.9 Å². The summed E-state index contributed by atoms with van der Waals surface area (Å²) < 4.78 is 16.8. The normalized spacial score (nSPS) is 14.2. The van der Waals surface area contributed by atoms with Gasteiger partial charge in [0, 0.05) is 5.39 Å². The number of fused-ring (bicyclic) bond motifs is 1. The second-order valence-electron chi connectivity index (χ2n) is 8.32. The van der Waals surface area contributed by atoms with Crippen LogP contribution in [0.2, 0.25) is 0 Å². The van der Waals surface area contributed by atoms with Gasteiger partial charge in [-0.05, 0) is 59.1 Å². The van der Waals surface area contributed by atoms with E-state index in [4.69, 9.17) is 14.2 Å². The van der Waals surface area contributed by atoms with Crippen molar-refractivity contribution in [3.63, 3.8) is 0 Å². The summed E-state index contributed by atoms with van der Waals surface area (Å²) in [6.07, 6.45) is 1.59. The molecule has 1 saturated heterocycles. The fraction of sp³-hybridized carbons (Fsp3) is 0.100. The summed E-state index contributed by atoms with van der Waals surface area (Å²) in [4.78, 5) is 39.6. The van der Waals surface area contributed by atoms with Crippen LogP contribution in [-0.4, -0.2) is 42.3 Å². The Morgan fingerprint density at radius 2 is 1.63 bits per heavy atom. The number of thioether (sulfide) groups is 1. The van der Waals surface area contributed by atoms with Crippen molar-refractivity contribution in [2.45, 2.75) is 0 Å². The Balaban J connectivity index is 1.28. The van der Waals surface area contributed by atoms with Crippen LogP contribution < -0.4 is 14.2 Å². The number of amides is 2. The lowest BCUT2D eigenvalue weighted by Gasteiger charge is -2.14. The summed E-state index contributed by atoms with van der Waals surface area (Å²) in [7, 11) is 1.47. The third kappa shape index (κ3) is 5.40. The Morgan fingerprint density at radius 3 is 2.45 bits per heavy atom. The van der Waals surface area contributed by atoms with Crippen molar-refractivity contribution in [2.75, 3.05) is 20.3 Å². The number of rotatable bonds is 8. The molecule has 0 atom stereocenters. The highest BCUT2D eigenvalue weighted by Gasteiger charge is 2.35. The first-order chi connectivity index (χ1) is 18.5. The lowest BCUT2D eigenvalue weighted by atomic mass is 10.1. The zero-order valence-corrected chi connectivity index (χ0v) is 21.3. The Hall–Kier alpha value is -4.56. The van der Waals surface area contributed by atoms with Crippen molar-refractivity contribution in [1.29, 1.82) is 0 Å². The van der Waals surface area contributed by atoms with Crippen molar-refractivity contribution in [3.8, 4) is 17.2 Å². The third-order valence-electron chi connectivity index (χ3n) is 5.89. The van der Waals surface area contributed by atoms with Crippen molar-refractivity contribution in [2.24, 2.45) is 0 Å². The number of benzene rings is 4. The molecule has 4 aromatic carbocycles. The molecule has 1 aliphatic heterocycles. The summed E-state index contributed by atoms with van der Waals surface area (Å²) in [5.41, 5.74) is 0.978. The zero-order valence-electron chi connectivity index (χ0n) is 20.5. The van der Waals surface area contributed by atoms with Crippen molar-refractivity contribution in [1.82, 2.24) is 4.90 Å². The van der Waals surface area contributed by atoms with Gasteiger partial charge in [0.2, 0.25) is 0 Å². The molecule has 0 bridgehead atoms. The van der Waals surface area contributed by atoms with Crippen molar-refractivity contribution in [3.05, 3.63) is 107 Å². The molecule has 38 heavy (non-hydrogen) atoms. The largest absolute Gasteiger partial charge is 0.493 e. The SMILES string of the molecule is COc1ccc(/C=C2\SC(=O)N(CCOc3cccc4ccccc34)C2=O)cc1OC(=O)c1ccccc1. The minimum Gasteiger partial charge on any atom is -0.493 e. The van der Waals surface area contributed by atoms with Crippen LogP contribution in [0.5, 0.6) is 17.2 Å². The van der Waals surface area contributed by atoms with Gasteiger partial charge in [-0.3, -0.25) is 14.5 Å². The van der Waals surface area contributed by atoms with Crippen LogP contribution in [-0.2, 0) is 4.79 Å². The van der Waals surface area contributed by atoms with Crippen LogP contribution in [0.4, 0.5) is 4.79 Å². The van der Waals surface area contributed by atoms with Crippen molar-refractivity contribution >= 4 is 45.7 Å². The smallest absolute Gasteiger partial charge is 0.343 e. The van der Waals surface area contributed by atoms with Gasteiger partial charge < -0.3 is 14.2 Å². The first-order valence-corrected chi connectivity index (χ1v) is 12.7. The number of nitrogens with zero attached hydrogens (tertiary/aromatic N) is 1. The highest BCUT2D eigenvalue weighted by molar-refractivity contribution is 8.18. The molecule has 0 saturated carbocycles. The van der Waals surface area contributed by atoms with Crippen LogP contribution in [0.15, 0.2) is 95.9 Å². The minimum atomic E-state index is -0.535. The van der Waals surface area contributed by atoms with Gasteiger partial charge in [0.25, 0.3) is 11.1 Å². The minimum absolute atomic E-state index is 0.119. The average Bonchev–Trinajstić information content (AvgIpc) is 3.21. The molecule has 2 amide bonds. The molecule has 0 N–H and O–H groups in total. The van der Waals surface area contributed by atoms with E-state index in [2.05, 4.69) is 0 Å². The van der Waals surface area contributed by atoms with E-state index >= 15 is 0 Å². The molecule has 4 aromatic rings. The summed E-state index contributed by atoms with van der Waals surface area (Å²) >= 11 is 0.856. The molecule has 1 heterocycles.